The van der Waals surface area contributed by atoms with Gasteiger partial charge < -0.3 is 38.3 Å². The van der Waals surface area contributed by atoms with E-state index in [0.29, 0.717) is 42.3 Å². The van der Waals surface area contributed by atoms with Crippen molar-refractivity contribution in [3.8, 4) is 11.5 Å². The van der Waals surface area contributed by atoms with Crippen LogP contribution in [0.1, 0.15) is 96.8 Å². The third kappa shape index (κ3) is 7.96. The monoisotopic (exact) mass is 724 g/mol. The molecule has 4 atom stereocenters. The zero-order valence-electron chi connectivity index (χ0n) is 31.9. The Labute approximate surface area is 305 Å². The number of esters is 1. The van der Waals surface area contributed by atoms with Crippen LogP contribution in [0.3, 0.4) is 0 Å². The lowest BCUT2D eigenvalue weighted by Crippen LogP contribution is -2.65. The minimum absolute atomic E-state index is 0.00972. The fourth-order valence-corrected chi connectivity index (χ4v) is 8.02. The van der Waals surface area contributed by atoms with Gasteiger partial charge in [-0.2, -0.15) is 0 Å². The fraction of sp³-hybridized carbons (Fsp3) is 0.703. The molecule has 3 heterocycles. The van der Waals surface area contributed by atoms with Gasteiger partial charge in [0, 0.05) is 19.2 Å². The zero-order chi connectivity index (χ0) is 37.8. The Hall–Kier alpha value is -3.69. The predicted molar refractivity (Wildman–Crippen MR) is 189 cm³/mol. The number of benzene rings is 1. The number of ether oxygens (including phenoxy) is 4. The molecule has 0 unspecified atom stereocenters. The molecule has 284 valence electrons. The predicted octanol–water partition coefficient (Wildman–Crippen LogP) is 4.64. The molecule has 15 heteroatoms. The quantitative estimate of drug-likeness (QED) is 0.195. The first-order chi connectivity index (χ1) is 24.3. The van der Waals surface area contributed by atoms with Gasteiger partial charge in [-0.3, -0.25) is 4.79 Å². The third-order valence-corrected chi connectivity index (χ3v) is 10.8. The van der Waals surface area contributed by atoms with E-state index in [-0.39, 0.29) is 66.3 Å². The molecule has 2 saturated heterocycles. The molecule has 2 bridgehead atoms. The molecule has 0 spiro atoms. The third-order valence-electron chi connectivity index (χ3n) is 10.8. The number of carbonyl (C=O) groups excluding carboxylic acids is 3. The Kier molecular flexibility index (Phi) is 10.2. The molecule has 1 aromatic heterocycles. The molecule has 7 rings (SSSR count). The van der Waals surface area contributed by atoms with Crippen molar-refractivity contribution in [2.75, 3.05) is 19.7 Å². The van der Waals surface area contributed by atoms with Crippen LogP contribution in [0.4, 0.5) is 4.79 Å². The Morgan fingerprint density at radius 1 is 1.02 bits per heavy atom. The van der Waals surface area contributed by atoms with Gasteiger partial charge in [0.25, 0.3) is 0 Å². The molecular formula is C37H53BN4O10. The van der Waals surface area contributed by atoms with Gasteiger partial charge in [-0.15, -0.1) is 5.10 Å². The van der Waals surface area contributed by atoms with Crippen molar-refractivity contribution < 1.29 is 47.7 Å². The van der Waals surface area contributed by atoms with Gasteiger partial charge in [0.05, 0.1) is 30.5 Å². The average Bonchev–Trinajstić information content (AvgIpc) is 3.58. The van der Waals surface area contributed by atoms with E-state index in [1.807, 2.05) is 0 Å². The number of aliphatic hydroxyl groups excluding tert-OH is 1. The van der Waals surface area contributed by atoms with Crippen molar-refractivity contribution in [2.24, 2.45) is 17.3 Å². The highest BCUT2D eigenvalue weighted by Crippen LogP contribution is 2.65. The molecule has 5 fully saturated rings. The van der Waals surface area contributed by atoms with Crippen molar-refractivity contribution in [1.82, 2.24) is 19.9 Å². The highest BCUT2D eigenvalue weighted by atomic mass is 16.7. The molecule has 0 radical (unpaired) electrons. The maximum Gasteiger partial charge on any atom is 0.514 e. The van der Waals surface area contributed by atoms with Crippen molar-refractivity contribution in [2.45, 2.75) is 130 Å². The van der Waals surface area contributed by atoms with E-state index in [1.165, 1.54) is 4.68 Å². The van der Waals surface area contributed by atoms with E-state index in [9.17, 15) is 14.4 Å². The maximum atomic E-state index is 13.9. The molecule has 2 aliphatic heterocycles. The summed E-state index contributed by atoms with van der Waals surface area (Å²) >= 11 is 0. The second-order valence-electron chi connectivity index (χ2n) is 17.4. The van der Waals surface area contributed by atoms with E-state index in [0.717, 1.165) is 12.8 Å². The van der Waals surface area contributed by atoms with Crippen LogP contribution in [0.2, 0.25) is 6.32 Å². The SMILES string of the molecule is CC(C)(C)OC(=O)Oc1c(CCB2O[C@@H]3C[C@@H]4C[C@@H](C4(C)C)[C@]3(C)O2)ccc(OC2CN(C(=O)Cn3cc(CCO)nn3)C2)c1C(=O)OC(C)(C)C. The van der Waals surface area contributed by atoms with E-state index in [1.54, 1.807) is 64.8 Å². The summed E-state index contributed by atoms with van der Waals surface area (Å²) in [5, 5.41) is 17.0. The standard InChI is InChI=1S/C37H53BN4O10/c1-34(2,3)49-32(45)30-26(47-25-19-41(20-25)29(44)21-42-18-24(13-15-43)39-40-42)11-10-22(31(30)48-33(46)50-35(4,5)6)12-14-38-51-28-17-23-16-27(36(23,7)8)37(28,9)52-38/h10-11,18,23,25,27-28,43H,12-17,19-21H2,1-9H3/t23-,27-,28+,37-/m0/s1. The minimum Gasteiger partial charge on any atom is -0.486 e. The summed E-state index contributed by atoms with van der Waals surface area (Å²) in [5.74, 6) is 0.281. The highest BCUT2D eigenvalue weighted by molar-refractivity contribution is 6.45. The number of likely N-dealkylation sites (tertiary alicyclic amines) is 1. The topological polar surface area (TPSA) is 161 Å². The Balaban J connectivity index is 1.21. The van der Waals surface area contributed by atoms with E-state index < -0.39 is 36.5 Å². The second kappa shape index (κ2) is 13.9. The van der Waals surface area contributed by atoms with Crippen molar-refractivity contribution >= 4 is 25.2 Å². The number of nitrogens with zero attached hydrogens (tertiary/aromatic N) is 4. The van der Waals surface area contributed by atoms with Crippen molar-refractivity contribution in [3.63, 3.8) is 0 Å². The molecule has 3 aliphatic carbocycles. The van der Waals surface area contributed by atoms with Gasteiger partial charge in [-0.25, -0.2) is 14.3 Å². The van der Waals surface area contributed by atoms with Crippen molar-refractivity contribution in [1.29, 1.82) is 0 Å². The van der Waals surface area contributed by atoms with Crippen LogP contribution in [0, 0.1) is 17.3 Å². The van der Waals surface area contributed by atoms with Crippen LogP contribution in [0.25, 0.3) is 0 Å². The molecule has 5 aliphatic rings. The van der Waals surface area contributed by atoms with Gasteiger partial charge >= 0.3 is 19.2 Å². The summed E-state index contributed by atoms with van der Waals surface area (Å²) in [6.45, 7) is 17.7. The summed E-state index contributed by atoms with van der Waals surface area (Å²) in [4.78, 5) is 41.6. The molecule has 2 aromatic rings. The Morgan fingerprint density at radius 3 is 2.38 bits per heavy atom. The summed E-state index contributed by atoms with van der Waals surface area (Å²) in [6.07, 6.45) is 3.54. The van der Waals surface area contributed by atoms with Gasteiger partial charge in [0.1, 0.15) is 35.2 Å². The lowest BCUT2D eigenvalue weighted by Gasteiger charge is -2.64. The van der Waals surface area contributed by atoms with Crippen LogP contribution in [-0.2, 0) is 43.0 Å². The van der Waals surface area contributed by atoms with Gasteiger partial charge in [-0.05, 0) is 103 Å². The molecule has 52 heavy (non-hydrogen) atoms. The molecular weight excluding hydrogens is 671 g/mol. The smallest absolute Gasteiger partial charge is 0.486 e. The average molecular weight is 725 g/mol. The fourth-order valence-electron chi connectivity index (χ4n) is 8.02. The minimum atomic E-state index is -0.972. The number of aromatic nitrogens is 3. The highest BCUT2D eigenvalue weighted by Gasteiger charge is 2.67. The number of hydrogen-bond donors (Lipinski definition) is 1. The summed E-state index contributed by atoms with van der Waals surface area (Å²) in [7, 11) is -0.460. The van der Waals surface area contributed by atoms with Crippen LogP contribution < -0.4 is 9.47 Å². The van der Waals surface area contributed by atoms with E-state index in [2.05, 4.69) is 31.1 Å². The normalized spacial score (nSPS) is 25.2. The van der Waals surface area contributed by atoms with Crippen LogP contribution in [-0.4, -0.2) is 98.9 Å². The molecule has 3 saturated carbocycles. The summed E-state index contributed by atoms with van der Waals surface area (Å²) in [6, 6.07) is 3.44. The first-order valence-electron chi connectivity index (χ1n) is 18.3. The van der Waals surface area contributed by atoms with Crippen LogP contribution in [0.15, 0.2) is 18.3 Å². The number of carbonyl (C=O) groups is 3. The van der Waals surface area contributed by atoms with Crippen molar-refractivity contribution in [3.05, 3.63) is 35.2 Å². The summed E-state index contributed by atoms with van der Waals surface area (Å²) < 4.78 is 38.1. The molecule has 1 aromatic carbocycles. The number of rotatable bonds is 11. The van der Waals surface area contributed by atoms with Crippen LogP contribution >= 0.6 is 0 Å². The first kappa shape index (κ1) is 38.1. The first-order valence-corrected chi connectivity index (χ1v) is 18.3. The number of aryl methyl sites for hydroxylation is 1. The number of hydrogen-bond acceptors (Lipinski definition) is 12. The van der Waals surface area contributed by atoms with Gasteiger partial charge in [-0.1, -0.05) is 25.1 Å². The van der Waals surface area contributed by atoms with Crippen LogP contribution in [0.5, 0.6) is 11.5 Å². The lowest BCUT2D eigenvalue weighted by molar-refractivity contribution is -0.199. The Bertz CT molecular complexity index is 1680. The van der Waals surface area contributed by atoms with E-state index in [4.69, 9.17) is 33.4 Å². The second-order valence-corrected chi connectivity index (χ2v) is 17.4. The molecule has 14 nitrogen and oxygen atoms in total. The molecule has 1 amide bonds. The van der Waals surface area contributed by atoms with Gasteiger partial charge in [0.2, 0.25) is 5.91 Å². The lowest BCUT2D eigenvalue weighted by atomic mass is 9.43. The number of aliphatic hydroxyl groups is 1. The molecule has 1 N–H and O–H groups in total. The maximum absolute atomic E-state index is 13.9. The Morgan fingerprint density at radius 2 is 1.73 bits per heavy atom. The summed E-state index contributed by atoms with van der Waals surface area (Å²) in [5.41, 5.74) is -0.751. The largest absolute Gasteiger partial charge is 0.514 e. The van der Waals surface area contributed by atoms with E-state index >= 15 is 0 Å². The van der Waals surface area contributed by atoms with Gasteiger partial charge in [0.15, 0.2) is 5.75 Å². The zero-order valence-corrected chi connectivity index (χ0v) is 31.9. The number of amides is 1.